The number of nitrogens with zero attached hydrogens (tertiary/aromatic N) is 4. The lowest BCUT2D eigenvalue weighted by Gasteiger charge is -2.37. The molecule has 0 N–H and O–H groups in total. The second-order valence-corrected chi connectivity index (χ2v) is 10.3. The second-order valence-electron chi connectivity index (χ2n) is 10.3. The first-order valence-electron chi connectivity index (χ1n) is 12.3. The molecule has 0 fully saturated rings. The maximum atomic E-state index is 13.5. The maximum Gasteiger partial charge on any atom is 0.228 e. The van der Waals surface area contributed by atoms with E-state index in [-0.39, 0.29) is 17.1 Å². The van der Waals surface area contributed by atoms with Crippen molar-refractivity contribution in [2.75, 3.05) is 14.2 Å². The summed E-state index contributed by atoms with van der Waals surface area (Å²) in [5.74, 6) is 2.93. The standard InChI is InChI=1S/C29H28N4O4/c1-29(2)14-19(34)25-22(15-29)37-28-26(24(25)18-8-6-5-7-9-18)27-31-23(32-33(27)16-30-28)13-17-10-11-20(35-3)21(12-17)36-4/h5-12,16,24H,13-15H2,1-4H3. The lowest BCUT2D eigenvalue weighted by atomic mass is 9.70. The van der Waals surface area contributed by atoms with Crippen LogP contribution in [0.2, 0.25) is 0 Å². The average Bonchev–Trinajstić information content (AvgIpc) is 3.29. The molecular weight excluding hydrogens is 468 g/mol. The van der Waals surface area contributed by atoms with Gasteiger partial charge in [0, 0.05) is 30.8 Å². The van der Waals surface area contributed by atoms with Crippen LogP contribution in [0.4, 0.5) is 0 Å². The second kappa shape index (κ2) is 8.73. The van der Waals surface area contributed by atoms with Gasteiger partial charge in [-0.1, -0.05) is 50.2 Å². The Kier molecular flexibility index (Phi) is 5.47. The zero-order valence-electron chi connectivity index (χ0n) is 21.3. The number of aromatic nitrogens is 4. The predicted molar refractivity (Wildman–Crippen MR) is 137 cm³/mol. The van der Waals surface area contributed by atoms with Crippen LogP contribution in [-0.2, 0) is 11.2 Å². The SMILES string of the molecule is COc1ccc(Cc2nc3c4c(ncn3n2)OC2=C(C(=O)CC(C)(C)C2)C4c2ccccc2)cc1OC. The first-order valence-corrected chi connectivity index (χ1v) is 12.3. The molecule has 0 bridgehead atoms. The third-order valence-electron chi connectivity index (χ3n) is 7.05. The van der Waals surface area contributed by atoms with Crippen LogP contribution >= 0.6 is 0 Å². The Balaban J connectivity index is 1.47. The predicted octanol–water partition coefficient (Wildman–Crippen LogP) is 4.90. The summed E-state index contributed by atoms with van der Waals surface area (Å²) in [6, 6.07) is 15.8. The number of hydrogen-bond donors (Lipinski definition) is 0. The molecule has 0 radical (unpaired) electrons. The fraction of sp³-hybridized carbons (Fsp3) is 0.310. The molecule has 4 aromatic rings. The van der Waals surface area contributed by atoms with E-state index in [2.05, 4.69) is 18.8 Å². The highest BCUT2D eigenvalue weighted by Crippen LogP contribution is 2.50. The van der Waals surface area contributed by atoms with Gasteiger partial charge in [-0.15, -0.1) is 5.10 Å². The summed E-state index contributed by atoms with van der Waals surface area (Å²) >= 11 is 0. The monoisotopic (exact) mass is 496 g/mol. The van der Waals surface area contributed by atoms with Crippen molar-refractivity contribution < 1.29 is 19.0 Å². The number of rotatable bonds is 5. The Morgan fingerprint density at radius 1 is 1.05 bits per heavy atom. The molecule has 8 nitrogen and oxygen atoms in total. The number of allylic oxidation sites excluding steroid dienone is 2. The van der Waals surface area contributed by atoms with Gasteiger partial charge in [0.05, 0.1) is 19.8 Å². The molecule has 1 atom stereocenters. The van der Waals surface area contributed by atoms with Crippen molar-refractivity contribution in [1.82, 2.24) is 19.6 Å². The highest BCUT2D eigenvalue weighted by atomic mass is 16.5. The summed E-state index contributed by atoms with van der Waals surface area (Å²) in [5, 5.41) is 4.70. The molecule has 0 amide bonds. The fourth-order valence-electron chi connectivity index (χ4n) is 5.42. The van der Waals surface area contributed by atoms with Crippen LogP contribution in [-0.4, -0.2) is 39.6 Å². The van der Waals surface area contributed by atoms with E-state index in [0.29, 0.717) is 59.4 Å². The van der Waals surface area contributed by atoms with E-state index in [1.807, 2.05) is 48.5 Å². The van der Waals surface area contributed by atoms with Gasteiger partial charge < -0.3 is 14.2 Å². The molecule has 6 rings (SSSR count). The first-order chi connectivity index (χ1) is 17.9. The molecule has 188 valence electrons. The van der Waals surface area contributed by atoms with E-state index in [4.69, 9.17) is 24.3 Å². The average molecular weight is 497 g/mol. The molecular formula is C29H28N4O4. The summed E-state index contributed by atoms with van der Waals surface area (Å²) in [5.41, 5.74) is 3.94. The summed E-state index contributed by atoms with van der Waals surface area (Å²) in [7, 11) is 3.23. The number of carbonyl (C=O) groups excluding carboxylic acids is 1. The van der Waals surface area contributed by atoms with Crippen molar-refractivity contribution in [3.63, 3.8) is 0 Å². The Labute approximate surface area is 214 Å². The van der Waals surface area contributed by atoms with Crippen LogP contribution in [0.3, 0.4) is 0 Å². The highest BCUT2D eigenvalue weighted by molar-refractivity contribution is 6.00. The van der Waals surface area contributed by atoms with Crippen molar-refractivity contribution in [3.8, 4) is 17.4 Å². The number of hydrogen-bond acceptors (Lipinski definition) is 7. The highest BCUT2D eigenvalue weighted by Gasteiger charge is 2.43. The number of ether oxygens (including phenoxy) is 3. The Bertz CT molecular complexity index is 1560. The molecule has 3 heterocycles. The van der Waals surface area contributed by atoms with Crippen LogP contribution in [0.1, 0.15) is 55.1 Å². The smallest absolute Gasteiger partial charge is 0.228 e. The summed E-state index contributed by atoms with van der Waals surface area (Å²) < 4.78 is 18.8. The number of benzene rings is 2. The molecule has 2 aliphatic rings. The van der Waals surface area contributed by atoms with E-state index in [9.17, 15) is 4.79 Å². The third-order valence-corrected chi connectivity index (χ3v) is 7.05. The van der Waals surface area contributed by atoms with Gasteiger partial charge in [0.25, 0.3) is 0 Å². The zero-order chi connectivity index (χ0) is 25.7. The van der Waals surface area contributed by atoms with E-state index in [1.54, 1.807) is 25.1 Å². The lowest BCUT2D eigenvalue weighted by Crippen LogP contribution is -2.33. The van der Waals surface area contributed by atoms with E-state index < -0.39 is 0 Å². The summed E-state index contributed by atoms with van der Waals surface area (Å²) in [6.45, 7) is 4.20. The minimum absolute atomic E-state index is 0.109. The van der Waals surface area contributed by atoms with Gasteiger partial charge in [-0.25, -0.2) is 14.5 Å². The van der Waals surface area contributed by atoms with Crippen molar-refractivity contribution >= 4 is 11.4 Å². The minimum atomic E-state index is -0.321. The Hall–Kier alpha value is -4.20. The van der Waals surface area contributed by atoms with Crippen molar-refractivity contribution in [2.24, 2.45) is 5.41 Å². The number of methoxy groups -OCH3 is 2. The normalized spacial score (nSPS) is 18.3. The van der Waals surface area contributed by atoms with Crippen LogP contribution in [0.15, 0.2) is 66.2 Å². The van der Waals surface area contributed by atoms with E-state index in [0.717, 1.165) is 16.7 Å². The molecule has 0 saturated carbocycles. The van der Waals surface area contributed by atoms with Crippen molar-refractivity contribution in [2.45, 2.75) is 39.0 Å². The van der Waals surface area contributed by atoms with Gasteiger partial charge in [-0.05, 0) is 28.7 Å². The molecule has 37 heavy (non-hydrogen) atoms. The number of ketones is 1. The molecule has 2 aromatic heterocycles. The maximum absolute atomic E-state index is 13.5. The van der Waals surface area contributed by atoms with Gasteiger partial charge in [-0.3, -0.25) is 4.79 Å². The molecule has 0 saturated heterocycles. The Morgan fingerprint density at radius 3 is 2.59 bits per heavy atom. The summed E-state index contributed by atoms with van der Waals surface area (Å²) in [6.07, 6.45) is 3.28. The lowest BCUT2D eigenvalue weighted by molar-refractivity contribution is -0.118. The van der Waals surface area contributed by atoms with E-state index >= 15 is 0 Å². The Morgan fingerprint density at radius 2 is 1.84 bits per heavy atom. The fourth-order valence-corrected chi connectivity index (χ4v) is 5.42. The summed E-state index contributed by atoms with van der Waals surface area (Å²) in [4.78, 5) is 23.0. The number of fused-ring (bicyclic) bond motifs is 3. The third kappa shape index (κ3) is 4.02. The van der Waals surface area contributed by atoms with Gasteiger partial charge in [-0.2, -0.15) is 0 Å². The largest absolute Gasteiger partial charge is 0.493 e. The van der Waals surface area contributed by atoms with Gasteiger partial charge in [0.2, 0.25) is 5.88 Å². The van der Waals surface area contributed by atoms with Crippen LogP contribution in [0.5, 0.6) is 17.4 Å². The van der Waals surface area contributed by atoms with Crippen molar-refractivity contribution in [3.05, 3.63) is 88.7 Å². The van der Waals surface area contributed by atoms with Crippen LogP contribution in [0, 0.1) is 5.41 Å². The molecule has 0 spiro atoms. The topological polar surface area (TPSA) is 87.8 Å². The van der Waals surface area contributed by atoms with Gasteiger partial charge in [0.15, 0.2) is 28.8 Å². The molecule has 2 aromatic carbocycles. The first kappa shape index (κ1) is 23.2. The number of carbonyl (C=O) groups is 1. The minimum Gasteiger partial charge on any atom is -0.493 e. The molecule has 1 aliphatic heterocycles. The van der Waals surface area contributed by atoms with Gasteiger partial charge >= 0.3 is 0 Å². The molecule has 8 heteroatoms. The molecule has 1 unspecified atom stereocenters. The number of Topliss-reactive ketones (excluding diaryl/α,β-unsaturated/α-hetero) is 1. The van der Waals surface area contributed by atoms with Crippen LogP contribution < -0.4 is 14.2 Å². The van der Waals surface area contributed by atoms with Crippen LogP contribution in [0.25, 0.3) is 5.65 Å². The zero-order valence-corrected chi connectivity index (χ0v) is 21.3. The molecule has 1 aliphatic carbocycles. The van der Waals surface area contributed by atoms with Crippen molar-refractivity contribution in [1.29, 1.82) is 0 Å². The van der Waals surface area contributed by atoms with E-state index in [1.165, 1.54) is 0 Å². The quantitative estimate of drug-likeness (QED) is 0.388. The van der Waals surface area contributed by atoms with Gasteiger partial charge in [0.1, 0.15) is 12.1 Å².